The Balaban J connectivity index is 2.05. The molecule has 0 radical (unpaired) electrons. The molecule has 0 atom stereocenters. The second kappa shape index (κ2) is 4.84. The Hall–Kier alpha value is -0.760. The van der Waals surface area contributed by atoms with E-state index in [1.165, 1.54) is 32.1 Å². The summed E-state index contributed by atoms with van der Waals surface area (Å²) in [7, 11) is 2.13. The van der Waals surface area contributed by atoms with Gasteiger partial charge in [0.25, 0.3) is 0 Å². The minimum atomic E-state index is 0.660. The molecule has 2 nitrogen and oxygen atoms in total. The quantitative estimate of drug-likeness (QED) is 0.765. The summed E-state index contributed by atoms with van der Waals surface area (Å²) >= 11 is 5.82. The summed E-state index contributed by atoms with van der Waals surface area (Å²) in [6.07, 6.45) is 8.39. The first-order chi connectivity index (χ1) is 7.27. The third-order valence-corrected chi connectivity index (χ3v) is 3.42. The SMILES string of the molecule is CN(c1ccc(Cl)cn1)C1CCCCC1. The van der Waals surface area contributed by atoms with Gasteiger partial charge in [-0.25, -0.2) is 4.98 Å². The minimum absolute atomic E-state index is 0.660. The number of halogens is 1. The van der Waals surface area contributed by atoms with Crippen molar-refractivity contribution in [3.63, 3.8) is 0 Å². The molecular weight excluding hydrogens is 208 g/mol. The van der Waals surface area contributed by atoms with E-state index in [9.17, 15) is 0 Å². The molecule has 0 bridgehead atoms. The van der Waals surface area contributed by atoms with Gasteiger partial charge in [0, 0.05) is 19.3 Å². The van der Waals surface area contributed by atoms with Crippen molar-refractivity contribution in [3.05, 3.63) is 23.4 Å². The molecule has 3 heteroatoms. The van der Waals surface area contributed by atoms with Gasteiger partial charge < -0.3 is 4.90 Å². The van der Waals surface area contributed by atoms with Crippen molar-refractivity contribution in [1.82, 2.24) is 4.98 Å². The minimum Gasteiger partial charge on any atom is -0.357 e. The lowest BCUT2D eigenvalue weighted by molar-refractivity contribution is 0.426. The highest BCUT2D eigenvalue weighted by atomic mass is 35.5. The molecule has 1 fully saturated rings. The van der Waals surface area contributed by atoms with E-state index in [1.807, 2.05) is 12.1 Å². The molecule has 0 aromatic carbocycles. The predicted octanol–water partition coefficient (Wildman–Crippen LogP) is 3.50. The van der Waals surface area contributed by atoms with E-state index in [1.54, 1.807) is 6.20 Å². The average molecular weight is 225 g/mol. The molecule has 1 aromatic rings. The average Bonchev–Trinajstić information content (AvgIpc) is 2.30. The fourth-order valence-electron chi connectivity index (χ4n) is 2.23. The Bertz CT molecular complexity index is 304. The normalized spacial score (nSPS) is 17.7. The number of pyridine rings is 1. The van der Waals surface area contributed by atoms with Crippen molar-refractivity contribution in [2.24, 2.45) is 0 Å². The molecular formula is C12H17ClN2. The lowest BCUT2D eigenvalue weighted by Gasteiger charge is -2.32. The van der Waals surface area contributed by atoms with Crippen LogP contribution in [0.2, 0.25) is 5.02 Å². The lowest BCUT2D eigenvalue weighted by Crippen LogP contribution is -2.33. The topological polar surface area (TPSA) is 16.1 Å². The fraction of sp³-hybridized carbons (Fsp3) is 0.583. The molecule has 0 aliphatic heterocycles. The van der Waals surface area contributed by atoms with Crippen LogP contribution in [-0.2, 0) is 0 Å². The monoisotopic (exact) mass is 224 g/mol. The zero-order valence-electron chi connectivity index (χ0n) is 9.12. The number of hydrogen-bond acceptors (Lipinski definition) is 2. The number of hydrogen-bond donors (Lipinski definition) is 0. The van der Waals surface area contributed by atoms with Gasteiger partial charge >= 0.3 is 0 Å². The maximum atomic E-state index is 5.82. The van der Waals surface area contributed by atoms with Crippen LogP contribution in [-0.4, -0.2) is 18.1 Å². The van der Waals surface area contributed by atoms with Gasteiger partial charge in [-0.3, -0.25) is 0 Å². The van der Waals surface area contributed by atoms with Crippen LogP contribution in [0.1, 0.15) is 32.1 Å². The molecule has 82 valence electrons. The number of aromatic nitrogens is 1. The Kier molecular flexibility index (Phi) is 3.47. The zero-order chi connectivity index (χ0) is 10.7. The van der Waals surface area contributed by atoms with E-state index in [2.05, 4.69) is 16.9 Å². The molecule has 0 unspecified atom stereocenters. The largest absolute Gasteiger partial charge is 0.357 e. The van der Waals surface area contributed by atoms with Crippen LogP contribution in [0.5, 0.6) is 0 Å². The van der Waals surface area contributed by atoms with E-state index in [0.717, 1.165) is 5.82 Å². The van der Waals surface area contributed by atoms with Crippen LogP contribution < -0.4 is 4.90 Å². The summed E-state index contributed by atoms with van der Waals surface area (Å²) in [5.41, 5.74) is 0. The summed E-state index contributed by atoms with van der Waals surface area (Å²) in [6.45, 7) is 0. The van der Waals surface area contributed by atoms with Crippen LogP contribution in [0.15, 0.2) is 18.3 Å². The predicted molar refractivity (Wildman–Crippen MR) is 64.5 cm³/mol. The number of rotatable bonds is 2. The highest BCUT2D eigenvalue weighted by molar-refractivity contribution is 6.30. The van der Waals surface area contributed by atoms with Crippen LogP contribution in [0.3, 0.4) is 0 Å². The Morgan fingerprint density at radius 2 is 2.00 bits per heavy atom. The van der Waals surface area contributed by atoms with E-state index < -0.39 is 0 Å². The van der Waals surface area contributed by atoms with Gasteiger partial charge in [0.2, 0.25) is 0 Å². The van der Waals surface area contributed by atoms with Gasteiger partial charge in [-0.15, -0.1) is 0 Å². The number of anilines is 1. The Morgan fingerprint density at radius 1 is 1.27 bits per heavy atom. The lowest BCUT2D eigenvalue weighted by atomic mass is 9.94. The van der Waals surface area contributed by atoms with Crippen molar-refractivity contribution in [2.75, 3.05) is 11.9 Å². The van der Waals surface area contributed by atoms with E-state index in [4.69, 9.17) is 11.6 Å². The Morgan fingerprint density at radius 3 is 2.60 bits per heavy atom. The van der Waals surface area contributed by atoms with Gasteiger partial charge in [0.05, 0.1) is 5.02 Å². The Labute approximate surface area is 96.3 Å². The smallest absolute Gasteiger partial charge is 0.128 e. The first kappa shape index (κ1) is 10.7. The summed E-state index contributed by atoms with van der Waals surface area (Å²) in [4.78, 5) is 6.63. The summed E-state index contributed by atoms with van der Waals surface area (Å²) < 4.78 is 0. The highest BCUT2D eigenvalue weighted by Crippen LogP contribution is 2.25. The van der Waals surface area contributed by atoms with Crippen LogP contribution in [0.4, 0.5) is 5.82 Å². The molecule has 1 heterocycles. The third-order valence-electron chi connectivity index (χ3n) is 3.20. The second-order valence-corrected chi connectivity index (χ2v) is 4.67. The van der Waals surface area contributed by atoms with E-state index >= 15 is 0 Å². The molecule has 1 aliphatic rings. The summed E-state index contributed by atoms with van der Waals surface area (Å²) in [5, 5.41) is 0.704. The maximum absolute atomic E-state index is 5.82. The van der Waals surface area contributed by atoms with Crippen LogP contribution in [0, 0.1) is 0 Å². The zero-order valence-corrected chi connectivity index (χ0v) is 9.87. The molecule has 15 heavy (non-hydrogen) atoms. The maximum Gasteiger partial charge on any atom is 0.128 e. The molecule has 0 spiro atoms. The second-order valence-electron chi connectivity index (χ2n) is 4.24. The van der Waals surface area contributed by atoms with Gasteiger partial charge in [-0.2, -0.15) is 0 Å². The van der Waals surface area contributed by atoms with Crippen molar-refractivity contribution in [2.45, 2.75) is 38.1 Å². The van der Waals surface area contributed by atoms with Gasteiger partial charge in [-0.1, -0.05) is 30.9 Å². The van der Waals surface area contributed by atoms with Crippen molar-refractivity contribution in [3.8, 4) is 0 Å². The van der Waals surface area contributed by atoms with Crippen LogP contribution >= 0.6 is 11.6 Å². The number of nitrogens with zero attached hydrogens (tertiary/aromatic N) is 2. The van der Waals surface area contributed by atoms with Crippen molar-refractivity contribution < 1.29 is 0 Å². The van der Waals surface area contributed by atoms with Crippen molar-refractivity contribution >= 4 is 17.4 Å². The van der Waals surface area contributed by atoms with Gasteiger partial charge in [-0.05, 0) is 25.0 Å². The van der Waals surface area contributed by atoms with Crippen LogP contribution in [0.25, 0.3) is 0 Å². The van der Waals surface area contributed by atoms with E-state index in [0.29, 0.717) is 11.1 Å². The summed E-state index contributed by atoms with van der Waals surface area (Å²) in [5.74, 6) is 1.03. The highest BCUT2D eigenvalue weighted by Gasteiger charge is 2.18. The molecule has 0 amide bonds. The molecule has 2 rings (SSSR count). The van der Waals surface area contributed by atoms with E-state index in [-0.39, 0.29) is 0 Å². The standard InChI is InChI=1S/C12H17ClN2/c1-15(11-5-3-2-4-6-11)12-8-7-10(13)9-14-12/h7-9,11H,2-6H2,1H3. The molecule has 0 N–H and O–H groups in total. The third kappa shape index (κ3) is 2.63. The fourth-order valence-corrected chi connectivity index (χ4v) is 2.34. The molecule has 1 saturated carbocycles. The molecule has 0 saturated heterocycles. The first-order valence-corrected chi connectivity index (χ1v) is 5.99. The molecule has 1 aromatic heterocycles. The summed E-state index contributed by atoms with van der Waals surface area (Å²) in [6, 6.07) is 4.56. The van der Waals surface area contributed by atoms with Gasteiger partial charge in [0.1, 0.15) is 5.82 Å². The first-order valence-electron chi connectivity index (χ1n) is 5.62. The molecule has 1 aliphatic carbocycles. The van der Waals surface area contributed by atoms with Crippen molar-refractivity contribution in [1.29, 1.82) is 0 Å². The van der Waals surface area contributed by atoms with Gasteiger partial charge in [0.15, 0.2) is 0 Å².